The Hall–Kier alpha value is -2.14. The summed E-state index contributed by atoms with van der Waals surface area (Å²) < 4.78 is 25.1. The van der Waals surface area contributed by atoms with Crippen molar-refractivity contribution in [2.45, 2.75) is 12.2 Å². The van der Waals surface area contributed by atoms with Gasteiger partial charge in [-0.05, 0) is 19.1 Å². The number of sulfonamides is 1. The molecule has 1 atom stereocenters. The van der Waals surface area contributed by atoms with Gasteiger partial charge in [0.15, 0.2) is 10.9 Å². The third-order valence-corrected chi connectivity index (χ3v) is 3.45. The zero-order chi connectivity index (χ0) is 13.1. The molecule has 1 aromatic rings. The molecule has 8 heteroatoms. The van der Waals surface area contributed by atoms with Gasteiger partial charge in [0.1, 0.15) is 0 Å². The Morgan fingerprint density at radius 1 is 1.65 bits per heavy atom. The number of anilines is 1. The van der Waals surface area contributed by atoms with E-state index < -0.39 is 26.9 Å². The minimum Gasteiger partial charge on any atom is -0.476 e. The fourth-order valence-corrected chi connectivity index (χ4v) is 1.76. The second-order valence-electron chi connectivity index (χ2n) is 3.12. The van der Waals surface area contributed by atoms with Gasteiger partial charge in [-0.15, -0.1) is 0 Å². The standard InChI is InChI=1S/C9H9N3O4S/c1-6(5-10)17(15,16)12-7-3-2-4-11-8(7)9(13)14/h2-4,6,12H,1H3,(H,13,14). The maximum atomic E-state index is 11.6. The molecule has 1 aromatic heterocycles. The average molecular weight is 255 g/mol. The van der Waals surface area contributed by atoms with Crippen molar-refractivity contribution in [1.29, 1.82) is 5.26 Å². The molecular formula is C9H9N3O4S. The SMILES string of the molecule is CC(C#N)S(=O)(=O)Nc1cccnc1C(=O)O. The number of carbonyl (C=O) groups is 1. The molecule has 0 radical (unpaired) electrons. The number of hydrogen-bond donors (Lipinski definition) is 2. The zero-order valence-electron chi connectivity index (χ0n) is 8.78. The van der Waals surface area contributed by atoms with E-state index in [1.807, 2.05) is 4.72 Å². The van der Waals surface area contributed by atoms with Crippen LogP contribution >= 0.6 is 0 Å². The molecule has 0 spiro atoms. The first-order chi connectivity index (χ1) is 7.88. The molecule has 90 valence electrons. The summed E-state index contributed by atoms with van der Waals surface area (Å²) in [6.07, 6.45) is 1.23. The van der Waals surface area contributed by atoms with Crippen LogP contribution in [0.2, 0.25) is 0 Å². The van der Waals surface area contributed by atoms with E-state index in [1.165, 1.54) is 25.3 Å². The minimum absolute atomic E-state index is 0.165. The van der Waals surface area contributed by atoms with Gasteiger partial charge in [-0.2, -0.15) is 5.26 Å². The Morgan fingerprint density at radius 3 is 2.82 bits per heavy atom. The topological polar surface area (TPSA) is 120 Å². The van der Waals surface area contributed by atoms with E-state index in [0.717, 1.165) is 0 Å². The van der Waals surface area contributed by atoms with Crippen molar-refractivity contribution in [3.8, 4) is 6.07 Å². The van der Waals surface area contributed by atoms with Gasteiger partial charge in [-0.3, -0.25) is 4.72 Å². The van der Waals surface area contributed by atoms with E-state index >= 15 is 0 Å². The van der Waals surface area contributed by atoms with Crippen LogP contribution in [0.4, 0.5) is 5.69 Å². The monoisotopic (exact) mass is 255 g/mol. The first-order valence-electron chi connectivity index (χ1n) is 4.48. The highest BCUT2D eigenvalue weighted by Crippen LogP contribution is 2.15. The molecule has 0 amide bonds. The van der Waals surface area contributed by atoms with Crippen molar-refractivity contribution >= 4 is 21.7 Å². The molecule has 0 aliphatic rings. The highest BCUT2D eigenvalue weighted by Gasteiger charge is 2.22. The molecule has 0 aliphatic carbocycles. The molecule has 2 N–H and O–H groups in total. The minimum atomic E-state index is -3.93. The molecule has 0 saturated heterocycles. The van der Waals surface area contributed by atoms with Gasteiger partial charge in [0.05, 0.1) is 11.8 Å². The summed E-state index contributed by atoms with van der Waals surface area (Å²) in [5.74, 6) is -1.35. The highest BCUT2D eigenvalue weighted by atomic mass is 32.2. The molecular weight excluding hydrogens is 246 g/mol. The maximum absolute atomic E-state index is 11.6. The Kier molecular flexibility index (Phi) is 3.65. The summed E-state index contributed by atoms with van der Waals surface area (Å²) in [6.45, 7) is 1.19. The van der Waals surface area contributed by atoms with E-state index in [1.54, 1.807) is 6.07 Å². The summed E-state index contributed by atoms with van der Waals surface area (Å²) in [5.41, 5.74) is -0.580. The lowest BCUT2D eigenvalue weighted by atomic mass is 10.3. The van der Waals surface area contributed by atoms with Crippen molar-refractivity contribution in [2.24, 2.45) is 0 Å². The van der Waals surface area contributed by atoms with Crippen molar-refractivity contribution in [2.75, 3.05) is 4.72 Å². The number of rotatable bonds is 4. The normalized spacial score (nSPS) is 12.5. The summed E-state index contributed by atoms with van der Waals surface area (Å²) >= 11 is 0. The molecule has 1 heterocycles. The number of nitrogens with one attached hydrogen (secondary N) is 1. The molecule has 1 rings (SSSR count). The number of aromatic nitrogens is 1. The quantitative estimate of drug-likeness (QED) is 0.805. The van der Waals surface area contributed by atoms with Crippen LogP contribution < -0.4 is 4.72 Å². The first-order valence-corrected chi connectivity index (χ1v) is 6.02. The van der Waals surface area contributed by atoms with Crippen LogP contribution in [0.25, 0.3) is 0 Å². The summed E-state index contributed by atoms with van der Waals surface area (Å²) in [5, 5.41) is 16.0. The zero-order valence-corrected chi connectivity index (χ0v) is 9.60. The summed E-state index contributed by atoms with van der Waals surface area (Å²) in [6, 6.07) is 4.21. The lowest BCUT2D eigenvalue weighted by Crippen LogP contribution is -2.25. The smallest absolute Gasteiger partial charge is 0.356 e. The van der Waals surface area contributed by atoms with Crippen molar-refractivity contribution < 1.29 is 18.3 Å². The van der Waals surface area contributed by atoms with Gasteiger partial charge in [0.25, 0.3) is 0 Å². The largest absolute Gasteiger partial charge is 0.476 e. The lowest BCUT2D eigenvalue weighted by Gasteiger charge is -2.10. The van der Waals surface area contributed by atoms with Gasteiger partial charge in [-0.1, -0.05) is 0 Å². The van der Waals surface area contributed by atoms with Gasteiger partial charge in [0.2, 0.25) is 10.0 Å². The van der Waals surface area contributed by atoms with Crippen LogP contribution in [0.15, 0.2) is 18.3 Å². The number of aromatic carboxylic acids is 1. The predicted molar refractivity (Wildman–Crippen MR) is 58.8 cm³/mol. The first kappa shape index (κ1) is 12.9. The van der Waals surface area contributed by atoms with Gasteiger partial charge in [-0.25, -0.2) is 18.2 Å². The second-order valence-corrected chi connectivity index (χ2v) is 5.12. The number of hydrogen-bond acceptors (Lipinski definition) is 5. The van der Waals surface area contributed by atoms with E-state index in [-0.39, 0.29) is 5.69 Å². The number of pyridine rings is 1. The van der Waals surface area contributed by atoms with Crippen LogP contribution in [-0.4, -0.2) is 29.7 Å². The predicted octanol–water partition coefficient (Wildman–Crippen LogP) is 0.434. The molecule has 7 nitrogen and oxygen atoms in total. The van der Waals surface area contributed by atoms with Crippen LogP contribution in [0.5, 0.6) is 0 Å². The molecule has 0 fully saturated rings. The van der Waals surface area contributed by atoms with Gasteiger partial charge in [0, 0.05) is 6.20 Å². The molecule has 17 heavy (non-hydrogen) atoms. The molecule has 1 unspecified atom stereocenters. The maximum Gasteiger partial charge on any atom is 0.356 e. The Labute approximate surface area is 97.8 Å². The van der Waals surface area contributed by atoms with Gasteiger partial charge >= 0.3 is 5.97 Å². The number of nitrogens with zero attached hydrogens (tertiary/aromatic N) is 2. The van der Waals surface area contributed by atoms with Crippen molar-refractivity contribution in [3.05, 3.63) is 24.0 Å². The summed E-state index contributed by atoms with van der Waals surface area (Å²) in [4.78, 5) is 14.3. The Bertz CT molecular complexity index is 576. The van der Waals surface area contributed by atoms with Crippen molar-refractivity contribution in [3.63, 3.8) is 0 Å². The fraction of sp³-hybridized carbons (Fsp3) is 0.222. The van der Waals surface area contributed by atoms with Crippen LogP contribution in [0.3, 0.4) is 0 Å². The van der Waals surface area contributed by atoms with Crippen molar-refractivity contribution in [1.82, 2.24) is 4.98 Å². The number of carboxylic acids is 1. The second kappa shape index (κ2) is 4.80. The van der Waals surface area contributed by atoms with Crippen LogP contribution in [0.1, 0.15) is 17.4 Å². The fourth-order valence-electron chi connectivity index (χ4n) is 0.969. The molecule has 0 saturated carbocycles. The lowest BCUT2D eigenvalue weighted by molar-refractivity contribution is 0.0692. The Morgan fingerprint density at radius 2 is 2.29 bits per heavy atom. The number of carboxylic acid groups (broad SMARTS) is 1. The van der Waals surface area contributed by atoms with Crippen LogP contribution in [-0.2, 0) is 10.0 Å². The van der Waals surface area contributed by atoms with E-state index in [4.69, 9.17) is 10.4 Å². The molecule has 0 aliphatic heterocycles. The molecule has 0 aromatic carbocycles. The number of nitriles is 1. The Balaban J connectivity index is 3.13. The third-order valence-electron chi connectivity index (χ3n) is 1.91. The third kappa shape index (κ3) is 2.92. The van der Waals surface area contributed by atoms with Crippen LogP contribution in [0, 0.1) is 11.3 Å². The molecule has 0 bridgehead atoms. The van der Waals surface area contributed by atoms with Gasteiger partial charge < -0.3 is 5.11 Å². The summed E-state index contributed by atoms with van der Waals surface area (Å²) in [7, 11) is -3.93. The van der Waals surface area contributed by atoms with E-state index in [9.17, 15) is 13.2 Å². The van der Waals surface area contributed by atoms with E-state index in [2.05, 4.69) is 4.98 Å². The average Bonchev–Trinajstić information content (AvgIpc) is 2.27. The highest BCUT2D eigenvalue weighted by molar-refractivity contribution is 7.93. The van der Waals surface area contributed by atoms with E-state index in [0.29, 0.717) is 0 Å².